The molecule has 3 N–H and O–H groups in total. The fraction of sp³-hybridized carbons (Fsp3) is 0.125. The zero-order valence-electron chi connectivity index (χ0n) is 13.1. The van der Waals surface area contributed by atoms with Gasteiger partial charge in [-0.1, -0.05) is 0 Å². The van der Waals surface area contributed by atoms with Crippen LogP contribution in [0, 0.1) is 6.92 Å². The molecule has 0 bridgehead atoms. The average Bonchev–Trinajstić information content (AvgIpc) is 3.16. The average molecular weight is 338 g/mol. The summed E-state index contributed by atoms with van der Waals surface area (Å²) in [7, 11) is 1.85. The number of aromatic amines is 1. The van der Waals surface area contributed by atoms with Crippen LogP contribution < -0.4 is 11.3 Å². The standard InChI is InChI=1S/C16H14N6OS/c1-8-3-10-14(18-4-8)13(17)12(15(23)21-10)16-19-6-11(24-16)9-5-20-22(2)7-9/h3-7H,1-2H3,(H3,17,21,23). The number of hydrogen-bond acceptors (Lipinski definition) is 6. The van der Waals surface area contributed by atoms with Gasteiger partial charge in [0.1, 0.15) is 16.1 Å². The van der Waals surface area contributed by atoms with Gasteiger partial charge >= 0.3 is 0 Å². The smallest absolute Gasteiger partial charge is 0.260 e. The molecule has 0 aromatic carbocycles. The quantitative estimate of drug-likeness (QED) is 0.584. The number of aryl methyl sites for hydroxylation is 2. The molecule has 0 fully saturated rings. The van der Waals surface area contributed by atoms with Crippen molar-refractivity contribution in [1.29, 1.82) is 0 Å². The SMILES string of the molecule is Cc1cnc2c(N)c(-c3ncc(-c4cnn(C)c4)s3)c(=O)[nH]c2c1. The molecule has 0 saturated heterocycles. The third-order valence-corrected chi connectivity index (χ3v) is 4.80. The number of nitrogens with zero attached hydrogens (tertiary/aromatic N) is 4. The Morgan fingerprint density at radius 3 is 2.83 bits per heavy atom. The summed E-state index contributed by atoms with van der Waals surface area (Å²) in [4.78, 5) is 25.0. The van der Waals surface area contributed by atoms with Gasteiger partial charge in [-0.25, -0.2) is 4.98 Å². The first kappa shape index (κ1) is 14.6. The minimum Gasteiger partial charge on any atom is -0.396 e. The summed E-state index contributed by atoms with van der Waals surface area (Å²) in [6.45, 7) is 1.91. The summed E-state index contributed by atoms with van der Waals surface area (Å²) in [5, 5.41) is 4.72. The zero-order valence-corrected chi connectivity index (χ0v) is 13.9. The number of fused-ring (bicyclic) bond motifs is 1. The highest BCUT2D eigenvalue weighted by Gasteiger charge is 2.17. The lowest BCUT2D eigenvalue weighted by Crippen LogP contribution is -2.13. The van der Waals surface area contributed by atoms with Crippen molar-refractivity contribution in [3.8, 4) is 21.0 Å². The van der Waals surface area contributed by atoms with E-state index in [0.29, 0.717) is 27.3 Å². The van der Waals surface area contributed by atoms with Gasteiger partial charge in [0.15, 0.2) is 0 Å². The van der Waals surface area contributed by atoms with E-state index in [0.717, 1.165) is 16.0 Å². The second-order valence-electron chi connectivity index (χ2n) is 5.58. The van der Waals surface area contributed by atoms with Crippen LogP contribution in [0.25, 0.3) is 32.0 Å². The van der Waals surface area contributed by atoms with Gasteiger partial charge in [0.2, 0.25) is 0 Å². The molecule has 4 aromatic rings. The van der Waals surface area contributed by atoms with E-state index < -0.39 is 0 Å². The number of nitrogens with two attached hydrogens (primary N) is 1. The minimum absolute atomic E-state index is 0.264. The van der Waals surface area contributed by atoms with Crippen molar-refractivity contribution in [2.75, 3.05) is 5.73 Å². The van der Waals surface area contributed by atoms with Crippen LogP contribution in [0.1, 0.15) is 5.56 Å². The Bertz CT molecular complexity index is 1120. The second kappa shape index (κ2) is 5.27. The highest BCUT2D eigenvalue weighted by atomic mass is 32.1. The van der Waals surface area contributed by atoms with Gasteiger partial charge < -0.3 is 10.7 Å². The van der Waals surface area contributed by atoms with Crippen LogP contribution in [-0.2, 0) is 7.05 Å². The zero-order chi connectivity index (χ0) is 16.8. The van der Waals surface area contributed by atoms with Gasteiger partial charge in [-0.15, -0.1) is 11.3 Å². The van der Waals surface area contributed by atoms with E-state index in [1.165, 1.54) is 11.3 Å². The second-order valence-corrected chi connectivity index (χ2v) is 6.61. The molecule has 120 valence electrons. The maximum Gasteiger partial charge on any atom is 0.260 e. The number of rotatable bonds is 2. The normalized spacial score (nSPS) is 11.2. The van der Waals surface area contributed by atoms with E-state index in [2.05, 4.69) is 20.1 Å². The molecule has 0 aliphatic carbocycles. The van der Waals surface area contributed by atoms with Crippen molar-refractivity contribution >= 4 is 28.1 Å². The van der Waals surface area contributed by atoms with E-state index in [-0.39, 0.29) is 5.56 Å². The molecular formula is C16H14N6OS. The number of H-pyrrole nitrogens is 1. The molecule has 0 spiro atoms. The highest BCUT2D eigenvalue weighted by molar-refractivity contribution is 7.18. The molecule has 0 radical (unpaired) electrons. The lowest BCUT2D eigenvalue weighted by Gasteiger charge is -2.06. The number of nitrogen functional groups attached to an aromatic ring is 1. The molecule has 0 saturated carbocycles. The Morgan fingerprint density at radius 1 is 1.25 bits per heavy atom. The summed E-state index contributed by atoms with van der Waals surface area (Å²) >= 11 is 1.40. The Kier molecular flexibility index (Phi) is 3.20. The lowest BCUT2D eigenvalue weighted by molar-refractivity contribution is 0.768. The summed E-state index contributed by atoms with van der Waals surface area (Å²) in [5.74, 6) is 0. The fourth-order valence-corrected chi connectivity index (χ4v) is 3.54. The van der Waals surface area contributed by atoms with Crippen molar-refractivity contribution in [3.05, 3.63) is 46.8 Å². The largest absolute Gasteiger partial charge is 0.396 e. The number of thiazole rings is 1. The van der Waals surface area contributed by atoms with E-state index in [4.69, 9.17) is 5.73 Å². The monoisotopic (exact) mass is 338 g/mol. The van der Waals surface area contributed by atoms with Gasteiger partial charge in [0.25, 0.3) is 5.56 Å². The third kappa shape index (κ3) is 2.28. The number of anilines is 1. The molecular weight excluding hydrogens is 324 g/mol. The van der Waals surface area contributed by atoms with Crippen LogP contribution in [0.3, 0.4) is 0 Å². The number of nitrogens with one attached hydrogen (secondary N) is 1. The molecule has 0 aliphatic heterocycles. The predicted molar refractivity (Wildman–Crippen MR) is 94.8 cm³/mol. The van der Waals surface area contributed by atoms with Crippen LogP contribution in [0.15, 0.2) is 35.6 Å². The van der Waals surface area contributed by atoms with E-state index in [9.17, 15) is 4.79 Å². The summed E-state index contributed by atoms with van der Waals surface area (Å²) in [5.41, 5.74) is 9.78. The summed E-state index contributed by atoms with van der Waals surface area (Å²) in [6, 6.07) is 1.85. The maximum absolute atomic E-state index is 12.5. The van der Waals surface area contributed by atoms with Gasteiger partial charge in [-0.05, 0) is 18.6 Å². The van der Waals surface area contributed by atoms with Gasteiger partial charge in [-0.2, -0.15) is 5.10 Å². The first-order chi connectivity index (χ1) is 11.5. The molecule has 4 aromatic heterocycles. The third-order valence-electron chi connectivity index (χ3n) is 3.73. The van der Waals surface area contributed by atoms with Crippen LogP contribution in [0.2, 0.25) is 0 Å². The topological polar surface area (TPSA) is 102 Å². The summed E-state index contributed by atoms with van der Waals surface area (Å²) < 4.78 is 1.72. The van der Waals surface area contributed by atoms with E-state index in [1.54, 1.807) is 23.3 Å². The molecule has 7 nitrogen and oxygen atoms in total. The number of pyridine rings is 2. The fourth-order valence-electron chi connectivity index (χ4n) is 2.59. The molecule has 0 unspecified atom stereocenters. The van der Waals surface area contributed by atoms with Crippen molar-refractivity contribution in [3.63, 3.8) is 0 Å². The van der Waals surface area contributed by atoms with Gasteiger partial charge in [0, 0.05) is 31.2 Å². The first-order valence-electron chi connectivity index (χ1n) is 7.26. The van der Waals surface area contributed by atoms with Crippen LogP contribution in [-0.4, -0.2) is 24.7 Å². The van der Waals surface area contributed by atoms with Crippen LogP contribution in [0.4, 0.5) is 5.69 Å². The van der Waals surface area contributed by atoms with Crippen molar-refractivity contribution < 1.29 is 0 Å². The van der Waals surface area contributed by atoms with Crippen molar-refractivity contribution in [2.45, 2.75) is 6.92 Å². The molecule has 0 aliphatic rings. The highest BCUT2D eigenvalue weighted by Crippen LogP contribution is 2.34. The molecule has 4 heterocycles. The summed E-state index contributed by atoms with van der Waals surface area (Å²) in [6.07, 6.45) is 7.11. The molecule has 0 amide bonds. The molecule has 8 heteroatoms. The number of aromatic nitrogens is 5. The number of hydrogen-bond donors (Lipinski definition) is 2. The van der Waals surface area contributed by atoms with E-state index >= 15 is 0 Å². The maximum atomic E-state index is 12.5. The van der Waals surface area contributed by atoms with Crippen LogP contribution in [0.5, 0.6) is 0 Å². The first-order valence-corrected chi connectivity index (χ1v) is 8.08. The Morgan fingerprint density at radius 2 is 2.08 bits per heavy atom. The Labute approximate surface area is 140 Å². The van der Waals surface area contributed by atoms with Crippen molar-refractivity contribution in [1.82, 2.24) is 24.7 Å². The van der Waals surface area contributed by atoms with E-state index in [1.807, 2.05) is 26.2 Å². The lowest BCUT2D eigenvalue weighted by atomic mass is 10.1. The Balaban J connectivity index is 1.89. The Hall–Kier alpha value is -3.00. The van der Waals surface area contributed by atoms with Gasteiger partial charge in [0.05, 0.1) is 22.3 Å². The van der Waals surface area contributed by atoms with Crippen molar-refractivity contribution in [2.24, 2.45) is 7.05 Å². The van der Waals surface area contributed by atoms with Gasteiger partial charge in [-0.3, -0.25) is 14.5 Å². The predicted octanol–water partition coefficient (Wildman–Crippen LogP) is 2.34. The molecule has 0 atom stereocenters. The molecule has 24 heavy (non-hydrogen) atoms. The molecule has 4 rings (SSSR count). The van der Waals surface area contributed by atoms with Crippen LogP contribution >= 0.6 is 11.3 Å². The minimum atomic E-state index is -0.264.